The van der Waals surface area contributed by atoms with Gasteiger partial charge in [-0.2, -0.15) is 5.10 Å². The average Bonchev–Trinajstić information content (AvgIpc) is 3.49. The fourth-order valence-corrected chi connectivity index (χ4v) is 4.02. The predicted octanol–water partition coefficient (Wildman–Crippen LogP) is 5.48. The van der Waals surface area contributed by atoms with Gasteiger partial charge in [-0.1, -0.05) is 29.8 Å². The summed E-state index contributed by atoms with van der Waals surface area (Å²) in [5, 5.41) is 7.41. The van der Waals surface area contributed by atoms with Crippen LogP contribution >= 0.6 is 11.6 Å². The lowest BCUT2D eigenvalue weighted by Crippen LogP contribution is -2.27. The van der Waals surface area contributed by atoms with Crippen LogP contribution in [0.4, 0.5) is 0 Å². The maximum Gasteiger partial charge on any atom is 0.310 e. The fraction of sp³-hybridized carbons (Fsp3) is 0.125. The van der Waals surface area contributed by atoms with E-state index >= 15 is 0 Å². The summed E-state index contributed by atoms with van der Waals surface area (Å²) in [6.45, 7) is 0. The Kier molecular flexibility index (Phi) is 4.92. The molecular weight excluding hydrogens is 414 g/mol. The van der Waals surface area contributed by atoms with Crippen LogP contribution in [-0.2, 0) is 0 Å². The van der Waals surface area contributed by atoms with Crippen molar-refractivity contribution in [1.82, 2.24) is 9.99 Å². The van der Waals surface area contributed by atoms with Gasteiger partial charge in [0.25, 0.3) is 0 Å². The van der Waals surface area contributed by atoms with Crippen LogP contribution in [0.5, 0.6) is 5.75 Å². The maximum atomic E-state index is 13.2. The summed E-state index contributed by atoms with van der Waals surface area (Å²) in [5.41, 5.74) is 3.23. The minimum absolute atomic E-state index is 0.217. The summed E-state index contributed by atoms with van der Waals surface area (Å²) < 4.78 is 10.6. The molecule has 0 aliphatic carbocycles. The lowest BCUT2D eigenvalue weighted by molar-refractivity contribution is 0.0678. The topological polar surface area (TPSA) is 67.9 Å². The minimum atomic E-state index is -0.403. The van der Waals surface area contributed by atoms with E-state index in [2.05, 4.69) is 10.1 Å². The van der Waals surface area contributed by atoms with Crippen LogP contribution in [0.15, 0.2) is 82.5 Å². The highest BCUT2D eigenvalue weighted by atomic mass is 35.5. The van der Waals surface area contributed by atoms with Gasteiger partial charge < -0.3 is 9.15 Å². The molecule has 6 nitrogen and oxygen atoms in total. The largest absolute Gasteiger partial charge is 0.497 e. The second-order valence-electron chi connectivity index (χ2n) is 7.18. The molecule has 0 N–H and O–H groups in total. The van der Waals surface area contributed by atoms with Crippen molar-refractivity contribution in [1.29, 1.82) is 0 Å². The molecule has 2 aromatic heterocycles. The third-order valence-electron chi connectivity index (χ3n) is 5.34. The third-order valence-corrected chi connectivity index (χ3v) is 5.64. The highest BCUT2D eigenvalue weighted by molar-refractivity contribution is 6.30. The second-order valence-corrected chi connectivity index (χ2v) is 7.54. The van der Waals surface area contributed by atoms with Crippen molar-refractivity contribution in [2.24, 2.45) is 5.10 Å². The lowest BCUT2D eigenvalue weighted by atomic mass is 9.98. The zero-order chi connectivity index (χ0) is 21.4. The second kappa shape index (κ2) is 7.89. The zero-order valence-electron chi connectivity index (χ0n) is 16.7. The quantitative estimate of drug-likeness (QED) is 0.401. The van der Waals surface area contributed by atoms with Gasteiger partial charge >= 0.3 is 5.91 Å². The predicted molar refractivity (Wildman–Crippen MR) is 119 cm³/mol. The molecule has 0 radical (unpaired) electrons. The van der Waals surface area contributed by atoms with Crippen molar-refractivity contribution in [3.63, 3.8) is 0 Å². The highest BCUT2D eigenvalue weighted by Crippen LogP contribution is 2.38. The average molecular weight is 432 g/mol. The molecule has 1 aliphatic heterocycles. The first-order valence-corrected chi connectivity index (χ1v) is 10.2. The van der Waals surface area contributed by atoms with E-state index in [0.717, 1.165) is 33.5 Å². The van der Waals surface area contributed by atoms with Gasteiger partial charge in [0.05, 0.1) is 30.6 Å². The van der Waals surface area contributed by atoms with Crippen LogP contribution in [0.1, 0.15) is 34.1 Å². The van der Waals surface area contributed by atoms with Gasteiger partial charge in [0, 0.05) is 17.4 Å². The first-order valence-electron chi connectivity index (χ1n) is 9.78. The molecule has 31 heavy (non-hydrogen) atoms. The van der Waals surface area contributed by atoms with E-state index in [1.807, 2.05) is 54.6 Å². The standard InChI is InChI=1S/C24H18ClN3O3/c1-30-17-10-8-15(9-11-17)20-14-21(28(27-20)24(29)22-7-4-12-31-22)18-13-16-5-2-3-6-19(16)26-23(18)25/h2-13,21H,14H2,1H3/t21-/m0/s1. The van der Waals surface area contributed by atoms with Crippen LogP contribution in [-0.4, -0.2) is 28.7 Å². The van der Waals surface area contributed by atoms with E-state index in [-0.39, 0.29) is 11.7 Å². The van der Waals surface area contributed by atoms with Crippen LogP contribution in [0.25, 0.3) is 10.9 Å². The van der Waals surface area contributed by atoms with Crippen molar-refractivity contribution < 1.29 is 13.9 Å². The minimum Gasteiger partial charge on any atom is -0.497 e. The number of hydrogen-bond donors (Lipinski definition) is 0. The summed E-state index contributed by atoms with van der Waals surface area (Å²) >= 11 is 6.57. The first kappa shape index (κ1) is 19.3. The molecule has 0 spiro atoms. The van der Waals surface area contributed by atoms with Gasteiger partial charge in [-0.05, 0) is 54.1 Å². The zero-order valence-corrected chi connectivity index (χ0v) is 17.4. The smallest absolute Gasteiger partial charge is 0.310 e. The van der Waals surface area contributed by atoms with Gasteiger partial charge in [0.15, 0.2) is 5.76 Å². The van der Waals surface area contributed by atoms with Crippen LogP contribution < -0.4 is 4.74 Å². The van der Waals surface area contributed by atoms with Gasteiger partial charge in [-0.3, -0.25) is 4.79 Å². The number of aromatic nitrogens is 1. The number of carbonyl (C=O) groups is 1. The number of para-hydroxylation sites is 1. The number of furan rings is 1. The van der Waals surface area contributed by atoms with E-state index in [4.69, 9.17) is 20.8 Å². The molecule has 1 amide bonds. The number of benzene rings is 2. The van der Waals surface area contributed by atoms with E-state index in [0.29, 0.717) is 11.6 Å². The molecule has 1 aliphatic rings. The number of ether oxygens (including phenoxy) is 1. The molecule has 1 atom stereocenters. The third kappa shape index (κ3) is 3.55. The molecule has 7 heteroatoms. The number of halogens is 1. The molecule has 5 rings (SSSR count). The van der Waals surface area contributed by atoms with Crippen molar-refractivity contribution in [2.75, 3.05) is 7.11 Å². The number of rotatable bonds is 4. The summed E-state index contributed by atoms with van der Waals surface area (Å²) in [4.78, 5) is 17.7. The number of hydrazone groups is 1. The number of fused-ring (bicyclic) bond motifs is 1. The number of methoxy groups -OCH3 is 1. The molecule has 4 aromatic rings. The summed E-state index contributed by atoms with van der Waals surface area (Å²) in [6, 6.07) is 20.2. The van der Waals surface area contributed by atoms with Crippen LogP contribution in [0.3, 0.4) is 0 Å². The van der Waals surface area contributed by atoms with Crippen molar-refractivity contribution in [3.05, 3.63) is 95.0 Å². The molecule has 0 saturated carbocycles. The SMILES string of the molecule is COc1ccc(C2=NN(C(=O)c3ccco3)[C@H](c3cc4ccccc4nc3Cl)C2)cc1. The lowest BCUT2D eigenvalue weighted by Gasteiger charge is -2.22. The summed E-state index contributed by atoms with van der Waals surface area (Å²) in [6.07, 6.45) is 1.97. The Bertz CT molecular complexity index is 1280. The molecule has 0 saturated heterocycles. The van der Waals surface area contributed by atoms with Gasteiger partial charge in [-0.25, -0.2) is 9.99 Å². The Morgan fingerprint density at radius 2 is 1.94 bits per heavy atom. The Balaban J connectivity index is 1.58. The van der Waals surface area contributed by atoms with E-state index in [9.17, 15) is 4.79 Å². The number of pyridine rings is 1. The Morgan fingerprint density at radius 1 is 1.13 bits per heavy atom. The normalized spacial score (nSPS) is 15.9. The van der Waals surface area contributed by atoms with Gasteiger partial charge in [0.2, 0.25) is 0 Å². The van der Waals surface area contributed by atoms with Crippen molar-refractivity contribution >= 4 is 34.1 Å². The van der Waals surface area contributed by atoms with E-state index in [1.54, 1.807) is 19.2 Å². The van der Waals surface area contributed by atoms with Gasteiger partial charge in [0.1, 0.15) is 10.9 Å². The molecule has 3 heterocycles. The Hall–Kier alpha value is -3.64. The fourth-order valence-electron chi connectivity index (χ4n) is 3.75. The molecular formula is C24H18ClN3O3. The van der Waals surface area contributed by atoms with Crippen molar-refractivity contribution in [3.8, 4) is 5.75 Å². The number of nitrogens with zero attached hydrogens (tertiary/aromatic N) is 3. The number of hydrogen-bond acceptors (Lipinski definition) is 5. The molecule has 0 unspecified atom stereocenters. The van der Waals surface area contributed by atoms with E-state index in [1.165, 1.54) is 11.3 Å². The molecule has 0 fully saturated rings. The number of amides is 1. The summed E-state index contributed by atoms with van der Waals surface area (Å²) in [5.74, 6) is 0.640. The van der Waals surface area contributed by atoms with Crippen LogP contribution in [0.2, 0.25) is 5.15 Å². The number of carbonyl (C=O) groups excluding carboxylic acids is 1. The van der Waals surface area contributed by atoms with Gasteiger partial charge in [-0.15, -0.1) is 0 Å². The van der Waals surface area contributed by atoms with E-state index < -0.39 is 6.04 Å². The Labute approximate surface area is 183 Å². The molecule has 2 aromatic carbocycles. The first-order chi connectivity index (χ1) is 15.1. The molecule has 0 bridgehead atoms. The maximum absolute atomic E-state index is 13.2. The van der Waals surface area contributed by atoms with Crippen molar-refractivity contribution in [2.45, 2.75) is 12.5 Å². The van der Waals surface area contributed by atoms with Crippen LogP contribution in [0, 0.1) is 0 Å². The highest BCUT2D eigenvalue weighted by Gasteiger charge is 2.36. The molecule has 154 valence electrons. The summed E-state index contributed by atoms with van der Waals surface area (Å²) in [7, 11) is 1.62. The Morgan fingerprint density at radius 3 is 2.68 bits per heavy atom. The monoisotopic (exact) mass is 431 g/mol.